The number of ether oxygens (including phenoxy) is 3. The van der Waals surface area contributed by atoms with Crippen LogP contribution < -0.4 is 5.73 Å². The fourth-order valence-corrected chi connectivity index (χ4v) is 4.97. The van der Waals surface area contributed by atoms with Crippen molar-refractivity contribution in [2.45, 2.75) is 95.7 Å². The zero-order chi connectivity index (χ0) is 20.6. The molecule has 2 aliphatic heterocycles. The number of aliphatic hydroxyl groups is 3. The van der Waals surface area contributed by atoms with Crippen LogP contribution in [0, 0.1) is 17.8 Å². The molecule has 0 bridgehead atoms. The van der Waals surface area contributed by atoms with Crippen molar-refractivity contribution in [3.63, 3.8) is 0 Å². The molecular weight excluding hydrogens is 362 g/mol. The van der Waals surface area contributed by atoms with Crippen LogP contribution in [0.4, 0.5) is 0 Å². The van der Waals surface area contributed by atoms with Crippen molar-refractivity contribution in [3.8, 4) is 0 Å². The Bertz CT molecular complexity index is 567. The van der Waals surface area contributed by atoms with Gasteiger partial charge in [0, 0.05) is 24.8 Å². The van der Waals surface area contributed by atoms with E-state index in [1.165, 1.54) is 0 Å². The number of rotatable bonds is 4. The Morgan fingerprint density at radius 3 is 2.64 bits per heavy atom. The van der Waals surface area contributed by atoms with E-state index in [0.29, 0.717) is 12.3 Å². The lowest BCUT2D eigenvalue weighted by Gasteiger charge is -2.49. The molecule has 1 saturated carbocycles. The summed E-state index contributed by atoms with van der Waals surface area (Å²) in [5.74, 6) is 1.34. The molecule has 2 fully saturated rings. The number of allylic oxidation sites excluding steroid dienone is 2. The van der Waals surface area contributed by atoms with E-state index in [2.05, 4.69) is 26.8 Å². The molecule has 0 aromatic carbocycles. The third-order valence-electron chi connectivity index (χ3n) is 6.56. The highest BCUT2D eigenvalue weighted by atomic mass is 16.7. The molecule has 0 spiro atoms. The van der Waals surface area contributed by atoms with Gasteiger partial charge in [-0.2, -0.15) is 0 Å². The van der Waals surface area contributed by atoms with Crippen molar-refractivity contribution in [2.24, 2.45) is 23.5 Å². The molecule has 28 heavy (non-hydrogen) atoms. The van der Waals surface area contributed by atoms with Crippen LogP contribution in [0.15, 0.2) is 11.8 Å². The Morgan fingerprint density at radius 2 is 2.00 bits per heavy atom. The summed E-state index contributed by atoms with van der Waals surface area (Å²) in [4.78, 5) is 0. The summed E-state index contributed by atoms with van der Waals surface area (Å²) in [6, 6.07) is -0.362. The maximum atomic E-state index is 11.2. The predicted octanol–water partition coefficient (Wildman–Crippen LogP) is 1.29. The molecule has 7 nitrogen and oxygen atoms in total. The van der Waals surface area contributed by atoms with Gasteiger partial charge in [0.1, 0.15) is 18.3 Å². The van der Waals surface area contributed by atoms with E-state index in [1.54, 1.807) is 6.92 Å². The second-order valence-corrected chi connectivity index (χ2v) is 9.31. The van der Waals surface area contributed by atoms with E-state index in [4.69, 9.17) is 19.9 Å². The second kappa shape index (κ2) is 8.58. The molecule has 162 valence electrons. The summed E-state index contributed by atoms with van der Waals surface area (Å²) in [6.07, 6.45) is 1.31. The molecule has 3 rings (SSSR count). The average Bonchev–Trinajstić information content (AvgIpc) is 2.61. The minimum absolute atomic E-state index is 0.0695. The largest absolute Gasteiger partial charge is 0.494 e. The maximum absolute atomic E-state index is 11.2. The first-order valence-corrected chi connectivity index (χ1v) is 10.6. The molecule has 2 heterocycles. The van der Waals surface area contributed by atoms with Gasteiger partial charge in [0.25, 0.3) is 0 Å². The predicted molar refractivity (Wildman–Crippen MR) is 104 cm³/mol. The molecule has 1 aliphatic carbocycles. The van der Waals surface area contributed by atoms with Gasteiger partial charge >= 0.3 is 0 Å². The third kappa shape index (κ3) is 4.55. The minimum atomic E-state index is -1.09. The lowest BCUT2D eigenvalue weighted by molar-refractivity contribution is -0.290. The quantitative estimate of drug-likeness (QED) is 0.563. The van der Waals surface area contributed by atoms with E-state index < -0.39 is 30.2 Å². The van der Waals surface area contributed by atoms with Crippen LogP contribution in [0.5, 0.6) is 0 Å². The number of nitrogens with two attached hydrogens (primary N) is 1. The highest BCUT2D eigenvalue weighted by Crippen LogP contribution is 2.41. The smallest absolute Gasteiger partial charge is 0.184 e. The van der Waals surface area contributed by atoms with E-state index in [9.17, 15) is 15.3 Å². The SMILES string of the molecule is CCC1=CCC(C)C(C2C(C)CC(N)C(OC3OCC(C)(O)CC3O)C2O)O1. The van der Waals surface area contributed by atoms with E-state index in [-0.39, 0.29) is 37.0 Å². The summed E-state index contributed by atoms with van der Waals surface area (Å²) in [5, 5.41) is 31.6. The van der Waals surface area contributed by atoms with Crippen molar-refractivity contribution >= 4 is 0 Å². The highest BCUT2D eigenvalue weighted by Gasteiger charge is 2.50. The molecule has 0 aromatic heterocycles. The lowest BCUT2D eigenvalue weighted by atomic mass is 9.68. The van der Waals surface area contributed by atoms with Crippen LogP contribution in [0.25, 0.3) is 0 Å². The second-order valence-electron chi connectivity index (χ2n) is 9.31. The van der Waals surface area contributed by atoms with Gasteiger partial charge in [0.2, 0.25) is 0 Å². The molecule has 10 unspecified atom stereocenters. The topological polar surface area (TPSA) is 114 Å². The molecule has 0 radical (unpaired) electrons. The molecule has 5 N–H and O–H groups in total. The van der Waals surface area contributed by atoms with Crippen LogP contribution in [-0.2, 0) is 14.2 Å². The van der Waals surface area contributed by atoms with Crippen molar-refractivity contribution in [1.82, 2.24) is 0 Å². The first-order valence-electron chi connectivity index (χ1n) is 10.6. The summed E-state index contributed by atoms with van der Waals surface area (Å²) in [5.41, 5.74) is 5.25. The molecule has 7 heteroatoms. The van der Waals surface area contributed by atoms with Gasteiger partial charge in [-0.25, -0.2) is 0 Å². The van der Waals surface area contributed by atoms with Gasteiger partial charge < -0.3 is 35.3 Å². The maximum Gasteiger partial charge on any atom is 0.184 e. The van der Waals surface area contributed by atoms with Crippen molar-refractivity contribution in [2.75, 3.05) is 6.61 Å². The summed E-state index contributed by atoms with van der Waals surface area (Å²) in [6.45, 7) is 8.00. The van der Waals surface area contributed by atoms with Gasteiger partial charge in [-0.3, -0.25) is 0 Å². The van der Waals surface area contributed by atoms with Crippen LogP contribution >= 0.6 is 0 Å². The van der Waals surface area contributed by atoms with Gasteiger partial charge in [0.15, 0.2) is 6.29 Å². The number of hydrogen-bond acceptors (Lipinski definition) is 7. The Morgan fingerprint density at radius 1 is 1.29 bits per heavy atom. The Kier molecular flexibility index (Phi) is 6.74. The van der Waals surface area contributed by atoms with Crippen LogP contribution in [-0.4, -0.2) is 64.3 Å². The van der Waals surface area contributed by atoms with E-state index in [0.717, 1.165) is 18.6 Å². The standard InChI is InChI=1S/C21H37NO6/c1-5-13-7-6-11(2)18(27-13)16-12(3)8-14(22)19(17(16)24)28-20-15(23)9-21(4,25)10-26-20/h7,11-12,14-20,23-25H,5-6,8-10,22H2,1-4H3. The van der Waals surface area contributed by atoms with E-state index in [1.807, 2.05) is 0 Å². The molecule has 0 amide bonds. The van der Waals surface area contributed by atoms with Gasteiger partial charge in [-0.1, -0.05) is 20.8 Å². The Hall–Kier alpha value is -0.700. The molecular formula is C21H37NO6. The van der Waals surface area contributed by atoms with Crippen LogP contribution in [0.1, 0.15) is 53.4 Å². The Labute approximate surface area is 167 Å². The summed E-state index contributed by atoms with van der Waals surface area (Å²) in [7, 11) is 0. The minimum Gasteiger partial charge on any atom is -0.494 e. The lowest BCUT2D eigenvalue weighted by Crippen LogP contribution is -2.61. The first-order chi connectivity index (χ1) is 13.1. The number of hydrogen-bond donors (Lipinski definition) is 4. The Balaban J connectivity index is 1.73. The zero-order valence-electron chi connectivity index (χ0n) is 17.5. The first kappa shape index (κ1) is 22.0. The highest BCUT2D eigenvalue weighted by molar-refractivity contribution is 5.05. The van der Waals surface area contributed by atoms with Gasteiger partial charge in [0.05, 0.1) is 24.1 Å². The van der Waals surface area contributed by atoms with Crippen LogP contribution in [0.2, 0.25) is 0 Å². The fourth-order valence-electron chi connectivity index (χ4n) is 4.97. The number of aliphatic hydroxyl groups excluding tert-OH is 2. The molecule has 0 aromatic rings. The van der Waals surface area contributed by atoms with Crippen molar-refractivity contribution in [1.29, 1.82) is 0 Å². The van der Waals surface area contributed by atoms with Crippen molar-refractivity contribution in [3.05, 3.63) is 11.8 Å². The molecule has 10 atom stereocenters. The average molecular weight is 400 g/mol. The normalized spacial score (nSPS) is 50.0. The summed E-state index contributed by atoms with van der Waals surface area (Å²) >= 11 is 0. The molecule has 1 saturated heterocycles. The monoisotopic (exact) mass is 399 g/mol. The fraction of sp³-hybridized carbons (Fsp3) is 0.905. The van der Waals surface area contributed by atoms with Gasteiger partial charge in [-0.15, -0.1) is 0 Å². The third-order valence-corrected chi connectivity index (χ3v) is 6.56. The van der Waals surface area contributed by atoms with Crippen LogP contribution in [0.3, 0.4) is 0 Å². The van der Waals surface area contributed by atoms with Gasteiger partial charge in [-0.05, 0) is 37.7 Å². The van der Waals surface area contributed by atoms with Crippen molar-refractivity contribution < 1.29 is 29.5 Å². The summed E-state index contributed by atoms with van der Waals surface area (Å²) < 4.78 is 17.8. The zero-order valence-corrected chi connectivity index (χ0v) is 17.5. The molecule has 3 aliphatic rings. The van der Waals surface area contributed by atoms with E-state index >= 15 is 0 Å².